The standard InChI is InChI=1S/C57H36N6.C43H26N4/c1-5-19-37(20-6-1)55-58-56(38-21-7-2-8-22-38)60-57(59-55)47-36-46-43-28-14-17-31-49(43)62(40-25-11-4-12-26-40)53(46)52-45-29-15-18-32-50(45)63(54(47)52)41-33-34-44-42-27-13-16-30-48(42)61(51(44)35-41)39-23-9-3-10-24-39;44-27-28-12-11-19-36-41-39(25-24-35-33-18-8-10-21-38(33)46(43(35)41)30-15-5-2-6-16-30)47(42(28)36)31-22-23-34-32-17-7-9-20-37(32)45(40(34)26-31)29-13-3-1-4-14-29/h1-36H;1-26H. The molecule has 0 fully saturated rings. The summed E-state index contributed by atoms with van der Waals surface area (Å²) in [6.45, 7) is 0. The second-order valence-electron chi connectivity index (χ2n) is 28.1. The summed E-state index contributed by atoms with van der Waals surface area (Å²) < 4.78 is 14.3. The van der Waals surface area contributed by atoms with Gasteiger partial charge in [-0.1, -0.05) is 255 Å². The maximum atomic E-state index is 10.5. The zero-order valence-electron chi connectivity index (χ0n) is 59.3. The second-order valence-corrected chi connectivity index (χ2v) is 28.1. The van der Waals surface area contributed by atoms with Gasteiger partial charge in [0.25, 0.3) is 0 Å². The molecule has 23 aromatic rings. The Morgan fingerprint density at radius 3 is 1.01 bits per heavy atom. The van der Waals surface area contributed by atoms with Crippen LogP contribution in [0.15, 0.2) is 376 Å². The fourth-order valence-corrected chi connectivity index (χ4v) is 17.5. The summed E-state index contributed by atoms with van der Waals surface area (Å²) in [5.41, 5.74) is 23.2. The Bertz CT molecular complexity index is 7630. The number of nitrogens with zero attached hydrogens (tertiary/aromatic N) is 10. The quantitative estimate of drug-likeness (QED) is 0.144. The lowest BCUT2D eigenvalue weighted by atomic mass is 10.0. The summed E-state index contributed by atoms with van der Waals surface area (Å²) in [6.07, 6.45) is 0. The van der Waals surface area contributed by atoms with Crippen LogP contribution in [0, 0.1) is 11.3 Å². The molecule has 0 saturated heterocycles. The van der Waals surface area contributed by atoms with Crippen LogP contribution in [0.5, 0.6) is 0 Å². The van der Waals surface area contributed by atoms with Gasteiger partial charge >= 0.3 is 0 Å². The van der Waals surface area contributed by atoms with Crippen LogP contribution in [-0.2, 0) is 0 Å². The number of fused-ring (bicyclic) bond motifs is 20. The highest BCUT2D eigenvalue weighted by Gasteiger charge is 2.29. The Kier molecular flexibility index (Phi) is 14.1. The lowest BCUT2D eigenvalue weighted by Gasteiger charge is -2.15. The van der Waals surface area contributed by atoms with E-state index in [4.69, 9.17) is 15.0 Å². The van der Waals surface area contributed by atoms with E-state index in [9.17, 15) is 5.26 Å². The average molecular weight is 1400 g/mol. The fraction of sp³-hybridized carbons (Fsp3) is 0. The van der Waals surface area contributed by atoms with Crippen molar-refractivity contribution in [1.82, 2.24) is 42.4 Å². The van der Waals surface area contributed by atoms with Gasteiger partial charge in [-0.25, -0.2) is 15.0 Å². The first-order valence-corrected chi connectivity index (χ1v) is 37.1. The number of para-hydroxylation sites is 10. The molecule has 0 radical (unpaired) electrons. The van der Waals surface area contributed by atoms with Crippen molar-refractivity contribution in [2.75, 3.05) is 0 Å². The zero-order chi connectivity index (χ0) is 72.5. The summed E-state index contributed by atoms with van der Waals surface area (Å²) in [7, 11) is 0. The first-order valence-electron chi connectivity index (χ1n) is 37.1. The highest BCUT2D eigenvalue weighted by Crippen LogP contribution is 2.49. The molecule has 16 aromatic carbocycles. The van der Waals surface area contributed by atoms with Crippen LogP contribution in [0.4, 0.5) is 0 Å². The Morgan fingerprint density at radius 1 is 0.200 bits per heavy atom. The molecule has 0 amide bonds. The molecule has 0 N–H and O–H groups in total. The van der Waals surface area contributed by atoms with Crippen LogP contribution in [0.25, 0.3) is 199 Å². The van der Waals surface area contributed by atoms with Gasteiger partial charge in [0.2, 0.25) is 0 Å². The maximum absolute atomic E-state index is 10.5. The highest BCUT2D eigenvalue weighted by atomic mass is 15.1. The van der Waals surface area contributed by atoms with E-state index in [-0.39, 0.29) is 0 Å². The predicted molar refractivity (Wildman–Crippen MR) is 453 cm³/mol. The monoisotopic (exact) mass is 1400 g/mol. The minimum absolute atomic E-state index is 0.606. The zero-order valence-corrected chi connectivity index (χ0v) is 59.3. The van der Waals surface area contributed by atoms with Crippen molar-refractivity contribution in [1.29, 1.82) is 5.26 Å². The molecule has 0 unspecified atom stereocenters. The van der Waals surface area contributed by atoms with Crippen LogP contribution in [0.3, 0.4) is 0 Å². The summed E-state index contributed by atoms with van der Waals surface area (Å²) in [5, 5.41) is 24.5. The summed E-state index contributed by atoms with van der Waals surface area (Å²) in [4.78, 5) is 15.9. The normalized spacial score (nSPS) is 11.8. The summed E-state index contributed by atoms with van der Waals surface area (Å²) in [5.74, 6) is 1.85. The molecule has 10 heteroatoms. The summed E-state index contributed by atoms with van der Waals surface area (Å²) in [6, 6.07) is 135. The highest BCUT2D eigenvalue weighted by molar-refractivity contribution is 6.30. The van der Waals surface area contributed by atoms with Gasteiger partial charge in [0.15, 0.2) is 17.5 Å². The Morgan fingerprint density at radius 2 is 0.536 bits per heavy atom. The van der Waals surface area contributed by atoms with Gasteiger partial charge in [0.1, 0.15) is 6.07 Å². The molecule has 512 valence electrons. The maximum Gasteiger partial charge on any atom is 0.166 e. The van der Waals surface area contributed by atoms with Crippen LogP contribution in [-0.4, -0.2) is 42.4 Å². The van der Waals surface area contributed by atoms with Crippen molar-refractivity contribution in [3.8, 4) is 74.4 Å². The second kappa shape index (κ2) is 25.0. The predicted octanol–water partition coefficient (Wildman–Crippen LogP) is 25.0. The number of rotatable bonds is 9. The van der Waals surface area contributed by atoms with E-state index in [1.165, 1.54) is 43.4 Å². The van der Waals surface area contributed by atoms with Gasteiger partial charge in [-0.05, 0) is 121 Å². The molecule has 0 atom stereocenters. The van der Waals surface area contributed by atoms with Gasteiger partial charge in [-0.2, -0.15) is 5.26 Å². The number of nitriles is 1. The molecule has 110 heavy (non-hydrogen) atoms. The molecule has 7 heterocycles. The molecule has 0 aliphatic rings. The molecule has 7 aromatic heterocycles. The van der Waals surface area contributed by atoms with E-state index in [0.717, 1.165) is 138 Å². The Labute approximate surface area is 630 Å². The number of aromatic nitrogens is 9. The molecule has 0 saturated carbocycles. The molecule has 0 bridgehead atoms. The number of benzene rings is 16. The van der Waals surface area contributed by atoms with E-state index in [1.54, 1.807) is 0 Å². The largest absolute Gasteiger partial charge is 0.309 e. The third-order valence-corrected chi connectivity index (χ3v) is 22.1. The van der Waals surface area contributed by atoms with Crippen LogP contribution in [0.1, 0.15) is 5.56 Å². The third kappa shape index (κ3) is 9.51. The van der Waals surface area contributed by atoms with Crippen molar-refractivity contribution in [3.05, 3.63) is 382 Å². The van der Waals surface area contributed by atoms with Gasteiger partial charge in [0, 0.05) is 115 Å². The van der Waals surface area contributed by atoms with Gasteiger partial charge in [0.05, 0.1) is 71.8 Å². The topological polar surface area (TPSA) is 92.0 Å². The summed E-state index contributed by atoms with van der Waals surface area (Å²) >= 11 is 0. The van der Waals surface area contributed by atoms with Gasteiger partial charge in [-0.15, -0.1) is 0 Å². The van der Waals surface area contributed by atoms with E-state index in [0.29, 0.717) is 23.0 Å². The molecule has 23 rings (SSSR count). The third-order valence-electron chi connectivity index (χ3n) is 22.1. The Hall–Kier alpha value is -15.2. The van der Waals surface area contributed by atoms with E-state index in [1.807, 2.05) is 48.5 Å². The van der Waals surface area contributed by atoms with Crippen molar-refractivity contribution in [3.63, 3.8) is 0 Å². The molecule has 10 nitrogen and oxygen atoms in total. The fourth-order valence-electron chi connectivity index (χ4n) is 17.5. The lowest BCUT2D eigenvalue weighted by Crippen LogP contribution is -2.03. The van der Waals surface area contributed by atoms with Crippen LogP contribution >= 0.6 is 0 Å². The number of hydrogen-bond acceptors (Lipinski definition) is 4. The van der Waals surface area contributed by atoms with E-state index in [2.05, 4.69) is 361 Å². The molecule has 0 aliphatic carbocycles. The van der Waals surface area contributed by atoms with Crippen LogP contribution in [0.2, 0.25) is 0 Å². The van der Waals surface area contributed by atoms with E-state index >= 15 is 0 Å². The first kappa shape index (κ1) is 62.2. The smallest absolute Gasteiger partial charge is 0.166 e. The minimum atomic E-state index is 0.606. The molecule has 0 aliphatic heterocycles. The van der Waals surface area contributed by atoms with Gasteiger partial charge < -0.3 is 27.4 Å². The van der Waals surface area contributed by atoms with Crippen molar-refractivity contribution < 1.29 is 0 Å². The lowest BCUT2D eigenvalue weighted by molar-refractivity contribution is 1.07. The van der Waals surface area contributed by atoms with Crippen molar-refractivity contribution in [2.45, 2.75) is 0 Å². The Balaban J connectivity index is 0.000000142. The van der Waals surface area contributed by atoms with Crippen LogP contribution < -0.4 is 0 Å². The van der Waals surface area contributed by atoms with Crippen molar-refractivity contribution >= 4 is 131 Å². The number of hydrogen-bond donors (Lipinski definition) is 0. The molecular weight excluding hydrogens is 1340 g/mol. The van der Waals surface area contributed by atoms with Gasteiger partial charge in [-0.3, -0.25) is 0 Å². The minimum Gasteiger partial charge on any atom is -0.309 e. The van der Waals surface area contributed by atoms with Crippen molar-refractivity contribution in [2.24, 2.45) is 0 Å². The van der Waals surface area contributed by atoms with E-state index < -0.39 is 0 Å². The molecule has 0 spiro atoms. The first-order chi connectivity index (χ1) is 54.6. The SMILES string of the molecule is N#Cc1cccc2c3c(ccc4c5ccccc5n(-c5ccccc5)c43)n(-c3ccc4c5ccccc5n(-c5ccccc5)c4c3)c12.c1ccc(-c2nc(-c3ccccc3)nc(-c3cc4c5ccccc5n(-c5ccccc5)c4c4c5ccccc5n(-c5ccc6c7ccccc7n(-c7ccccc7)c6c5)c34)n2)cc1. The average Bonchev–Trinajstić information content (AvgIpc) is 1.53. The molecular formula is C100H62N10.